The van der Waals surface area contributed by atoms with E-state index in [9.17, 15) is 0 Å². The topological polar surface area (TPSA) is 12.4 Å². The zero-order valence-corrected chi connectivity index (χ0v) is 11.0. The summed E-state index contributed by atoms with van der Waals surface area (Å²) in [5.74, 6) is 2.04. The second-order valence-corrected chi connectivity index (χ2v) is 5.66. The molecule has 1 aliphatic heterocycles. The number of hydrogen-bond donors (Lipinski definition) is 0. The standard InChI is InChI=1S/C17H21N/c1-13(15-9-11-18-12-10-15)14-5-7-17(8-6-14)16-3-2-4-16/h5-9,11-13,15-16H,2-4,10H2,1H3. The van der Waals surface area contributed by atoms with Gasteiger partial charge in [0.25, 0.3) is 0 Å². The van der Waals surface area contributed by atoms with E-state index in [1.165, 1.54) is 30.4 Å². The molecule has 1 heteroatoms. The summed E-state index contributed by atoms with van der Waals surface area (Å²) in [4.78, 5) is 4.15. The van der Waals surface area contributed by atoms with Crippen LogP contribution in [-0.4, -0.2) is 6.21 Å². The Balaban J connectivity index is 1.71. The van der Waals surface area contributed by atoms with E-state index in [2.05, 4.69) is 42.3 Å². The molecule has 0 radical (unpaired) electrons. The minimum Gasteiger partial charge on any atom is -0.269 e. The van der Waals surface area contributed by atoms with Crippen LogP contribution in [0.1, 0.15) is 55.6 Å². The van der Waals surface area contributed by atoms with Gasteiger partial charge in [0.2, 0.25) is 0 Å². The Morgan fingerprint density at radius 1 is 1.17 bits per heavy atom. The molecule has 0 aromatic heterocycles. The van der Waals surface area contributed by atoms with E-state index in [0.717, 1.165) is 12.3 Å². The van der Waals surface area contributed by atoms with Gasteiger partial charge in [-0.25, -0.2) is 0 Å². The largest absolute Gasteiger partial charge is 0.269 e. The summed E-state index contributed by atoms with van der Waals surface area (Å²) in [5, 5.41) is 0. The van der Waals surface area contributed by atoms with Crippen molar-refractivity contribution in [1.82, 2.24) is 0 Å². The molecule has 1 aromatic carbocycles. The molecular weight excluding hydrogens is 218 g/mol. The molecule has 0 amide bonds. The quantitative estimate of drug-likeness (QED) is 0.727. The fraction of sp³-hybridized carbons (Fsp3) is 0.471. The lowest BCUT2D eigenvalue weighted by Crippen LogP contribution is -2.11. The zero-order valence-electron chi connectivity index (χ0n) is 11.0. The van der Waals surface area contributed by atoms with Gasteiger partial charge in [-0.05, 0) is 48.1 Å². The van der Waals surface area contributed by atoms with Crippen molar-refractivity contribution in [1.29, 1.82) is 0 Å². The van der Waals surface area contributed by atoms with E-state index in [4.69, 9.17) is 0 Å². The summed E-state index contributed by atoms with van der Waals surface area (Å²) in [6.07, 6.45) is 11.5. The predicted molar refractivity (Wildman–Crippen MR) is 77.2 cm³/mol. The first-order chi connectivity index (χ1) is 8.84. The van der Waals surface area contributed by atoms with Crippen LogP contribution in [0.2, 0.25) is 0 Å². The first kappa shape index (κ1) is 11.7. The van der Waals surface area contributed by atoms with Crippen LogP contribution in [0.15, 0.2) is 41.5 Å². The molecule has 0 saturated heterocycles. The Morgan fingerprint density at radius 2 is 1.94 bits per heavy atom. The van der Waals surface area contributed by atoms with Gasteiger partial charge >= 0.3 is 0 Å². The van der Waals surface area contributed by atoms with Crippen LogP contribution in [0.5, 0.6) is 0 Å². The van der Waals surface area contributed by atoms with E-state index >= 15 is 0 Å². The molecule has 2 aliphatic rings. The molecule has 2 atom stereocenters. The van der Waals surface area contributed by atoms with Gasteiger partial charge in [0, 0.05) is 12.4 Å². The van der Waals surface area contributed by atoms with Gasteiger partial charge in [0.1, 0.15) is 0 Å². The Labute approximate surface area is 110 Å². The van der Waals surface area contributed by atoms with E-state index in [1.54, 1.807) is 0 Å². The van der Waals surface area contributed by atoms with Crippen molar-refractivity contribution in [3.8, 4) is 0 Å². The normalized spacial score (nSPS) is 24.8. The van der Waals surface area contributed by atoms with Gasteiger partial charge in [-0.3, -0.25) is 4.99 Å². The molecule has 94 valence electrons. The third-order valence-electron chi connectivity index (χ3n) is 4.58. The van der Waals surface area contributed by atoms with Crippen molar-refractivity contribution >= 4 is 6.21 Å². The van der Waals surface area contributed by atoms with E-state index in [0.29, 0.717) is 11.8 Å². The lowest BCUT2D eigenvalue weighted by Gasteiger charge is -2.27. The van der Waals surface area contributed by atoms with Gasteiger partial charge < -0.3 is 0 Å². The first-order valence-corrected chi connectivity index (χ1v) is 7.13. The average Bonchev–Trinajstić information content (AvgIpc) is 2.38. The van der Waals surface area contributed by atoms with E-state index in [-0.39, 0.29) is 0 Å². The summed E-state index contributed by atoms with van der Waals surface area (Å²) < 4.78 is 0. The first-order valence-electron chi connectivity index (χ1n) is 7.13. The van der Waals surface area contributed by atoms with Crippen LogP contribution in [0.4, 0.5) is 0 Å². The molecule has 0 N–H and O–H groups in total. The van der Waals surface area contributed by atoms with Gasteiger partial charge in [0.15, 0.2) is 0 Å². The number of aliphatic imine (C=N–C) groups is 1. The molecule has 0 bridgehead atoms. The Kier molecular flexibility index (Phi) is 3.31. The lowest BCUT2D eigenvalue weighted by molar-refractivity contribution is 0.419. The van der Waals surface area contributed by atoms with Crippen molar-refractivity contribution in [2.24, 2.45) is 10.9 Å². The van der Waals surface area contributed by atoms with Crippen LogP contribution >= 0.6 is 0 Å². The summed E-state index contributed by atoms with van der Waals surface area (Å²) in [6, 6.07) is 9.35. The third-order valence-corrected chi connectivity index (χ3v) is 4.58. The summed E-state index contributed by atoms with van der Waals surface area (Å²) in [5.41, 5.74) is 3.00. The number of hydrogen-bond acceptors (Lipinski definition) is 1. The third kappa shape index (κ3) is 2.27. The highest BCUT2D eigenvalue weighted by atomic mass is 14.7. The maximum Gasteiger partial charge on any atom is 0.0227 e. The van der Waals surface area contributed by atoms with Gasteiger partial charge in [-0.1, -0.05) is 43.7 Å². The fourth-order valence-corrected chi connectivity index (χ4v) is 2.91. The molecule has 1 aliphatic carbocycles. The number of nitrogens with zero attached hydrogens (tertiary/aromatic N) is 1. The minimum absolute atomic E-state index is 0.587. The molecule has 18 heavy (non-hydrogen) atoms. The second-order valence-electron chi connectivity index (χ2n) is 5.66. The average molecular weight is 239 g/mol. The highest BCUT2D eigenvalue weighted by Gasteiger charge is 2.20. The maximum atomic E-state index is 4.15. The molecule has 1 heterocycles. The molecule has 1 nitrogen and oxygen atoms in total. The number of allylic oxidation sites excluding steroid dienone is 1. The molecule has 1 aromatic rings. The molecule has 1 fully saturated rings. The maximum absolute atomic E-state index is 4.15. The molecule has 1 saturated carbocycles. The van der Waals surface area contributed by atoms with Gasteiger partial charge in [0.05, 0.1) is 0 Å². The summed E-state index contributed by atoms with van der Waals surface area (Å²) in [6.45, 7) is 2.33. The highest BCUT2D eigenvalue weighted by Crippen LogP contribution is 2.37. The van der Waals surface area contributed by atoms with Crippen LogP contribution in [0, 0.1) is 5.92 Å². The minimum atomic E-state index is 0.587. The van der Waals surface area contributed by atoms with Crippen molar-refractivity contribution in [2.75, 3.05) is 0 Å². The van der Waals surface area contributed by atoms with Gasteiger partial charge in [-0.15, -0.1) is 0 Å². The zero-order chi connectivity index (χ0) is 12.4. The Hall–Kier alpha value is -1.37. The molecular formula is C17H21N. The van der Waals surface area contributed by atoms with E-state index < -0.39 is 0 Å². The molecule has 2 unspecified atom stereocenters. The Bertz CT molecular complexity index is 451. The SMILES string of the molecule is CC(c1ccc(C2CCC2)cc1)C1C=CN=CC1. The lowest BCUT2D eigenvalue weighted by atomic mass is 9.78. The van der Waals surface area contributed by atoms with E-state index in [1.807, 2.05) is 12.4 Å². The van der Waals surface area contributed by atoms with Crippen molar-refractivity contribution in [2.45, 2.75) is 44.4 Å². The summed E-state index contributed by atoms with van der Waals surface area (Å²) >= 11 is 0. The predicted octanol–water partition coefficient (Wildman–Crippen LogP) is 4.66. The second kappa shape index (κ2) is 5.09. The van der Waals surface area contributed by atoms with Crippen LogP contribution in [-0.2, 0) is 0 Å². The smallest absolute Gasteiger partial charge is 0.0227 e. The number of rotatable bonds is 3. The highest BCUT2D eigenvalue weighted by molar-refractivity contribution is 5.60. The number of benzene rings is 1. The fourth-order valence-electron chi connectivity index (χ4n) is 2.91. The van der Waals surface area contributed by atoms with Crippen LogP contribution < -0.4 is 0 Å². The summed E-state index contributed by atoms with van der Waals surface area (Å²) in [7, 11) is 0. The van der Waals surface area contributed by atoms with Crippen molar-refractivity contribution < 1.29 is 0 Å². The van der Waals surface area contributed by atoms with Crippen LogP contribution in [0.3, 0.4) is 0 Å². The van der Waals surface area contributed by atoms with Crippen LogP contribution in [0.25, 0.3) is 0 Å². The molecule has 0 spiro atoms. The Morgan fingerprint density at radius 3 is 2.50 bits per heavy atom. The van der Waals surface area contributed by atoms with Crippen molar-refractivity contribution in [3.63, 3.8) is 0 Å². The molecule has 3 rings (SSSR count). The van der Waals surface area contributed by atoms with Crippen molar-refractivity contribution in [3.05, 3.63) is 47.7 Å². The monoisotopic (exact) mass is 239 g/mol. The van der Waals surface area contributed by atoms with Gasteiger partial charge in [-0.2, -0.15) is 0 Å².